The summed E-state index contributed by atoms with van der Waals surface area (Å²) in [5.41, 5.74) is 2.48. The maximum Gasteiger partial charge on any atom is 0.106 e. The van der Waals surface area contributed by atoms with Gasteiger partial charge < -0.3 is 10.1 Å². The summed E-state index contributed by atoms with van der Waals surface area (Å²) in [5, 5.41) is 9.05. The summed E-state index contributed by atoms with van der Waals surface area (Å²) in [7, 11) is 0. The Labute approximate surface area is 78.2 Å². The van der Waals surface area contributed by atoms with Crippen LogP contribution < -0.4 is 0 Å². The molecule has 1 heterocycles. The molecular weight excluding hydrogens is 164 g/mol. The van der Waals surface area contributed by atoms with Crippen LogP contribution >= 0.6 is 0 Å². The van der Waals surface area contributed by atoms with Gasteiger partial charge in [-0.05, 0) is 25.2 Å². The highest BCUT2D eigenvalue weighted by Crippen LogP contribution is 2.23. The van der Waals surface area contributed by atoms with Gasteiger partial charge in [0, 0.05) is 18.7 Å². The Bertz CT molecular complexity index is 293. The van der Waals surface area contributed by atoms with Crippen molar-refractivity contribution in [1.29, 1.82) is 0 Å². The van der Waals surface area contributed by atoms with Crippen LogP contribution in [0.2, 0.25) is 0 Å². The van der Waals surface area contributed by atoms with E-state index in [-0.39, 0.29) is 0 Å². The van der Waals surface area contributed by atoms with Crippen molar-refractivity contribution in [3.8, 4) is 0 Å². The molecular formula is C10H16N2O. The van der Waals surface area contributed by atoms with Crippen LogP contribution in [0.3, 0.4) is 0 Å². The van der Waals surface area contributed by atoms with Gasteiger partial charge in [0.15, 0.2) is 0 Å². The van der Waals surface area contributed by atoms with Gasteiger partial charge in [0.05, 0.1) is 5.69 Å². The van der Waals surface area contributed by atoms with Crippen molar-refractivity contribution in [3.63, 3.8) is 0 Å². The minimum Gasteiger partial charge on any atom is -0.396 e. The molecule has 1 unspecified atom stereocenters. The molecule has 0 radical (unpaired) electrons. The van der Waals surface area contributed by atoms with Crippen molar-refractivity contribution in [2.45, 2.75) is 32.6 Å². The van der Waals surface area contributed by atoms with E-state index in [0.29, 0.717) is 12.5 Å². The number of rotatable bonds is 2. The minimum absolute atomic E-state index is 0.305. The lowest BCUT2D eigenvalue weighted by molar-refractivity contribution is 0.212. The summed E-state index contributed by atoms with van der Waals surface area (Å²) < 4.78 is 0. The van der Waals surface area contributed by atoms with Gasteiger partial charge >= 0.3 is 0 Å². The molecule has 0 aromatic carbocycles. The summed E-state index contributed by atoms with van der Waals surface area (Å²) in [6.07, 6.45) is 4.05. The third kappa shape index (κ3) is 1.61. The van der Waals surface area contributed by atoms with Crippen LogP contribution in [0.5, 0.6) is 0 Å². The summed E-state index contributed by atoms with van der Waals surface area (Å²) in [5.74, 6) is 1.53. The maximum atomic E-state index is 9.05. The molecule has 1 aromatic heterocycles. The van der Waals surface area contributed by atoms with Gasteiger partial charge in [0.2, 0.25) is 0 Å². The molecule has 2 N–H and O–H groups in total. The molecule has 3 nitrogen and oxygen atoms in total. The van der Waals surface area contributed by atoms with Crippen molar-refractivity contribution in [1.82, 2.24) is 9.97 Å². The number of aryl methyl sites for hydroxylation is 2. The largest absolute Gasteiger partial charge is 0.396 e. The maximum absolute atomic E-state index is 9.05. The lowest BCUT2D eigenvalue weighted by Gasteiger charge is -2.18. The van der Waals surface area contributed by atoms with E-state index in [4.69, 9.17) is 5.11 Å². The first-order valence-corrected chi connectivity index (χ1v) is 5.01. The summed E-state index contributed by atoms with van der Waals surface area (Å²) in [6, 6.07) is 0. The normalized spacial score (nSPS) is 21.5. The Kier molecular flexibility index (Phi) is 2.36. The highest BCUT2D eigenvalue weighted by molar-refractivity contribution is 5.18. The van der Waals surface area contributed by atoms with Crippen LogP contribution in [-0.2, 0) is 19.3 Å². The molecule has 1 atom stereocenters. The average Bonchev–Trinajstić information content (AvgIpc) is 2.58. The fourth-order valence-corrected chi connectivity index (χ4v) is 1.94. The fourth-order valence-electron chi connectivity index (χ4n) is 1.94. The number of nitrogens with zero attached hydrogens (tertiary/aromatic N) is 1. The average molecular weight is 180 g/mol. The number of H-pyrrole nitrogens is 1. The molecule has 0 bridgehead atoms. The molecule has 3 heteroatoms. The molecule has 13 heavy (non-hydrogen) atoms. The highest BCUT2D eigenvalue weighted by Gasteiger charge is 2.20. The third-order valence-corrected chi connectivity index (χ3v) is 2.79. The quantitative estimate of drug-likeness (QED) is 0.715. The lowest BCUT2D eigenvalue weighted by Crippen LogP contribution is -2.17. The van der Waals surface area contributed by atoms with Crippen LogP contribution in [0, 0.1) is 5.92 Å². The Morgan fingerprint density at radius 2 is 2.46 bits per heavy atom. The van der Waals surface area contributed by atoms with Gasteiger partial charge in [-0.25, -0.2) is 4.98 Å². The summed E-state index contributed by atoms with van der Waals surface area (Å²) >= 11 is 0. The van der Waals surface area contributed by atoms with Crippen molar-refractivity contribution < 1.29 is 5.11 Å². The predicted molar refractivity (Wildman–Crippen MR) is 50.6 cm³/mol. The third-order valence-electron chi connectivity index (χ3n) is 2.79. The van der Waals surface area contributed by atoms with Crippen LogP contribution in [0.15, 0.2) is 0 Å². The van der Waals surface area contributed by atoms with Crippen LogP contribution in [-0.4, -0.2) is 21.7 Å². The first-order chi connectivity index (χ1) is 6.33. The molecule has 0 saturated carbocycles. The van der Waals surface area contributed by atoms with Gasteiger partial charge in [-0.1, -0.05) is 6.92 Å². The molecule has 0 aliphatic heterocycles. The second kappa shape index (κ2) is 3.50. The standard InChI is InChI=1S/C10H16N2O/c1-2-10-11-8-4-3-7(6-13)5-9(8)12-10/h7,13H,2-6H2,1H3,(H,11,12). The van der Waals surface area contributed by atoms with E-state index in [1.807, 2.05) is 0 Å². The molecule has 0 amide bonds. The fraction of sp³-hybridized carbons (Fsp3) is 0.700. The van der Waals surface area contributed by atoms with Crippen LogP contribution in [0.4, 0.5) is 0 Å². The predicted octanol–water partition coefficient (Wildman–Crippen LogP) is 1.07. The lowest BCUT2D eigenvalue weighted by atomic mass is 9.91. The number of aromatic nitrogens is 2. The number of aliphatic hydroxyl groups is 1. The Morgan fingerprint density at radius 1 is 1.62 bits per heavy atom. The number of imidazole rings is 1. The van der Waals surface area contributed by atoms with Crippen molar-refractivity contribution in [3.05, 3.63) is 17.2 Å². The first-order valence-electron chi connectivity index (χ1n) is 5.01. The number of nitrogens with one attached hydrogen (secondary N) is 1. The Morgan fingerprint density at radius 3 is 3.15 bits per heavy atom. The topological polar surface area (TPSA) is 48.9 Å². The number of hydrogen-bond donors (Lipinski definition) is 2. The van der Waals surface area contributed by atoms with E-state index >= 15 is 0 Å². The Hall–Kier alpha value is -0.830. The van der Waals surface area contributed by atoms with Crippen molar-refractivity contribution >= 4 is 0 Å². The second-order valence-corrected chi connectivity index (χ2v) is 3.75. The zero-order valence-corrected chi connectivity index (χ0v) is 8.01. The van der Waals surface area contributed by atoms with E-state index in [1.165, 1.54) is 11.4 Å². The molecule has 2 rings (SSSR count). The van der Waals surface area contributed by atoms with Crippen LogP contribution in [0.25, 0.3) is 0 Å². The molecule has 0 spiro atoms. The molecule has 0 saturated heterocycles. The SMILES string of the molecule is CCc1nc2c([nH]1)CC(CO)CC2. The number of aromatic amines is 1. The van der Waals surface area contributed by atoms with E-state index in [2.05, 4.69) is 16.9 Å². The van der Waals surface area contributed by atoms with Gasteiger partial charge in [0.25, 0.3) is 0 Å². The van der Waals surface area contributed by atoms with E-state index in [9.17, 15) is 0 Å². The molecule has 0 fully saturated rings. The van der Waals surface area contributed by atoms with E-state index in [1.54, 1.807) is 0 Å². The number of fused-ring (bicyclic) bond motifs is 1. The molecule has 1 aliphatic carbocycles. The van der Waals surface area contributed by atoms with Crippen molar-refractivity contribution in [2.75, 3.05) is 6.61 Å². The van der Waals surface area contributed by atoms with Gasteiger partial charge in [-0.3, -0.25) is 0 Å². The molecule has 72 valence electrons. The van der Waals surface area contributed by atoms with E-state index < -0.39 is 0 Å². The van der Waals surface area contributed by atoms with Gasteiger partial charge in [0.1, 0.15) is 5.82 Å². The minimum atomic E-state index is 0.305. The second-order valence-electron chi connectivity index (χ2n) is 3.75. The highest BCUT2D eigenvalue weighted by atomic mass is 16.3. The number of hydrogen-bond acceptors (Lipinski definition) is 2. The summed E-state index contributed by atoms with van der Waals surface area (Å²) in [4.78, 5) is 7.83. The monoisotopic (exact) mass is 180 g/mol. The molecule has 1 aliphatic rings. The Balaban J connectivity index is 2.19. The van der Waals surface area contributed by atoms with Crippen molar-refractivity contribution in [2.24, 2.45) is 5.92 Å². The zero-order chi connectivity index (χ0) is 9.26. The van der Waals surface area contributed by atoms with E-state index in [0.717, 1.165) is 31.5 Å². The zero-order valence-electron chi connectivity index (χ0n) is 8.01. The first kappa shape index (κ1) is 8.75. The molecule has 1 aromatic rings. The summed E-state index contributed by atoms with van der Waals surface area (Å²) in [6.45, 7) is 2.41. The van der Waals surface area contributed by atoms with Crippen LogP contribution in [0.1, 0.15) is 30.6 Å². The number of aliphatic hydroxyl groups excluding tert-OH is 1. The van der Waals surface area contributed by atoms with Gasteiger partial charge in [-0.15, -0.1) is 0 Å². The van der Waals surface area contributed by atoms with Gasteiger partial charge in [-0.2, -0.15) is 0 Å². The smallest absolute Gasteiger partial charge is 0.106 e.